The number of likely N-dealkylation sites (N-methyl/N-ethyl adjacent to an activating group) is 1. The lowest BCUT2D eigenvalue weighted by Gasteiger charge is -2.12. The Hall–Kier alpha value is -1.40. The van der Waals surface area contributed by atoms with Crippen LogP contribution in [0.3, 0.4) is 0 Å². The van der Waals surface area contributed by atoms with Crippen molar-refractivity contribution in [1.82, 2.24) is 10.6 Å². The molecule has 3 N–H and O–H groups in total. The van der Waals surface area contributed by atoms with Crippen molar-refractivity contribution in [3.05, 3.63) is 22.4 Å². The first-order chi connectivity index (χ1) is 7.15. The summed E-state index contributed by atoms with van der Waals surface area (Å²) in [6.45, 7) is 0.106. The summed E-state index contributed by atoms with van der Waals surface area (Å²) in [5, 5.41) is 15.8. The Labute approximate surface area is 91.1 Å². The minimum Gasteiger partial charge on any atom is -0.479 e. The lowest BCUT2D eigenvalue weighted by atomic mass is 10.2. The van der Waals surface area contributed by atoms with Gasteiger partial charge in [0.15, 0.2) is 6.04 Å². The zero-order valence-corrected chi connectivity index (χ0v) is 9.00. The first-order valence-corrected chi connectivity index (χ1v) is 5.23. The highest BCUT2D eigenvalue weighted by Crippen LogP contribution is 2.18. The largest absolute Gasteiger partial charge is 0.479 e. The van der Waals surface area contributed by atoms with Crippen molar-refractivity contribution in [2.45, 2.75) is 6.04 Å². The van der Waals surface area contributed by atoms with Crippen LogP contribution < -0.4 is 10.6 Å². The number of aliphatic carboxylic acids is 1. The molecule has 0 fully saturated rings. The van der Waals surface area contributed by atoms with E-state index >= 15 is 0 Å². The second kappa shape index (κ2) is 5.47. The predicted molar refractivity (Wildman–Crippen MR) is 56.8 cm³/mol. The molecule has 1 heterocycles. The molecule has 0 aliphatic carbocycles. The van der Waals surface area contributed by atoms with Gasteiger partial charge in [0.2, 0.25) is 5.91 Å². The quantitative estimate of drug-likeness (QED) is 0.673. The summed E-state index contributed by atoms with van der Waals surface area (Å²) in [5.74, 6) is -1.39. The minimum atomic E-state index is -1.05. The van der Waals surface area contributed by atoms with Crippen molar-refractivity contribution in [2.75, 3.05) is 13.6 Å². The van der Waals surface area contributed by atoms with E-state index in [0.29, 0.717) is 4.88 Å². The van der Waals surface area contributed by atoms with Gasteiger partial charge in [-0.1, -0.05) is 6.07 Å². The fraction of sp³-hybridized carbons (Fsp3) is 0.333. The summed E-state index contributed by atoms with van der Waals surface area (Å²) >= 11 is 1.30. The van der Waals surface area contributed by atoms with Crippen LogP contribution in [0.15, 0.2) is 17.5 Å². The number of amides is 1. The van der Waals surface area contributed by atoms with E-state index in [2.05, 4.69) is 10.6 Å². The van der Waals surface area contributed by atoms with E-state index in [1.54, 1.807) is 24.6 Å². The number of hydrogen-bond acceptors (Lipinski definition) is 4. The molecule has 0 aliphatic rings. The topological polar surface area (TPSA) is 78.4 Å². The molecule has 1 aromatic rings. The first kappa shape index (κ1) is 11.7. The van der Waals surface area contributed by atoms with Gasteiger partial charge in [-0.15, -0.1) is 11.3 Å². The molecule has 0 aliphatic heterocycles. The molecule has 5 nitrogen and oxygen atoms in total. The summed E-state index contributed by atoms with van der Waals surface area (Å²) in [7, 11) is 1.63. The third-order valence-electron chi connectivity index (χ3n) is 1.72. The summed E-state index contributed by atoms with van der Waals surface area (Å²) in [4.78, 5) is 22.7. The monoisotopic (exact) mass is 228 g/mol. The van der Waals surface area contributed by atoms with Crippen LogP contribution in [0.2, 0.25) is 0 Å². The van der Waals surface area contributed by atoms with E-state index in [9.17, 15) is 9.59 Å². The molecule has 0 radical (unpaired) electrons. The highest BCUT2D eigenvalue weighted by Gasteiger charge is 2.22. The molecule has 15 heavy (non-hydrogen) atoms. The maximum Gasteiger partial charge on any atom is 0.331 e. The van der Waals surface area contributed by atoms with E-state index in [4.69, 9.17) is 5.11 Å². The van der Waals surface area contributed by atoms with E-state index in [0.717, 1.165) is 0 Å². The third kappa shape index (κ3) is 3.34. The van der Waals surface area contributed by atoms with E-state index < -0.39 is 12.0 Å². The van der Waals surface area contributed by atoms with Gasteiger partial charge in [-0.05, 0) is 18.5 Å². The van der Waals surface area contributed by atoms with Crippen molar-refractivity contribution >= 4 is 23.2 Å². The summed E-state index contributed by atoms with van der Waals surface area (Å²) in [6, 6.07) is 2.48. The highest BCUT2D eigenvalue weighted by molar-refractivity contribution is 7.10. The Morgan fingerprint density at radius 1 is 1.60 bits per heavy atom. The van der Waals surface area contributed by atoms with E-state index in [1.165, 1.54) is 11.3 Å². The van der Waals surface area contributed by atoms with Crippen LogP contribution in [0.5, 0.6) is 0 Å². The molecule has 0 spiro atoms. The zero-order chi connectivity index (χ0) is 11.3. The average Bonchev–Trinajstić information content (AvgIpc) is 2.66. The molecular weight excluding hydrogens is 216 g/mol. The lowest BCUT2D eigenvalue weighted by molar-refractivity contribution is -0.141. The number of rotatable bonds is 5. The second-order valence-electron chi connectivity index (χ2n) is 2.88. The summed E-state index contributed by atoms with van der Waals surface area (Å²) in [5.41, 5.74) is 0. The molecule has 1 aromatic heterocycles. The minimum absolute atomic E-state index is 0.106. The van der Waals surface area contributed by atoms with Gasteiger partial charge in [-0.3, -0.25) is 4.79 Å². The highest BCUT2D eigenvalue weighted by atomic mass is 32.1. The van der Waals surface area contributed by atoms with Gasteiger partial charge in [-0.25, -0.2) is 4.79 Å². The van der Waals surface area contributed by atoms with Gasteiger partial charge in [0.1, 0.15) is 0 Å². The van der Waals surface area contributed by atoms with Crippen molar-refractivity contribution in [3.8, 4) is 0 Å². The maximum atomic E-state index is 11.2. The van der Waals surface area contributed by atoms with Crippen LogP contribution >= 0.6 is 11.3 Å². The van der Waals surface area contributed by atoms with Crippen molar-refractivity contribution in [1.29, 1.82) is 0 Å². The van der Waals surface area contributed by atoms with Gasteiger partial charge < -0.3 is 15.7 Å². The molecule has 0 saturated heterocycles. The number of thiophene rings is 1. The molecule has 82 valence electrons. The smallest absolute Gasteiger partial charge is 0.331 e. The molecule has 1 amide bonds. The second-order valence-corrected chi connectivity index (χ2v) is 3.86. The number of carbonyl (C=O) groups is 2. The number of carboxylic acids is 1. The van der Waals surface area contributed by atoms with Gasteiger partial charge in [0.05, 0.1) is 6.54 Å². The van der Waals surface area contributed by atoms with Crippen molar-refractivity contribution in [2.24, 2.45) is 0 Å². The average molecular weight is 228 g/mol. The van der Waals surface area contributed by atoms with E-state index in [-0.39, 0.29) is 12.5 Å². The third-order valence-corrected chi connectivity index (χ3v) is 2.65. The van der Waals surface area contributed by atoms with Gasteiger partial charge in [-0.2, -0.15) is 0 Å². The Balaban J connectivity index is 2.68. The maximum absolute atomic E-state index is 11.2. The van der Waals surface area contributed by atoms with Crippen LogP contribution in [-0.2, 0) is 9.59 Å². The molecule has 0 bridgehead atoms. The normalized spacial score (nSPS) is 12.1. The van der Waals surface area contributed by atoms with Crippen LogP contribution in [0.4, 0.5) is 0 Å². The van der Waals surface area contributed by atoms with Crippen LogP contribution in [0.1, 0.15) is 10.9 Å². The fourth-order valence-electron chi connectivity index (χ4n) is 1.08. The van der Waals surface area contributed by atoms with Gasteiger partial charge >= 0.3 is 5.97 Å². The Bertz CT molecular complexity index is 337. The lowest BCUT2D eigenvalue weighted by Crippen LogP contribution is -2.38. The van der Waals surface area contributed by atoms with Gasteiger partial charge in [0.25, 0.3) is 0 Å². The Kier molecular flexibility index (Phi) is 4.26. The van der Waals surface area contributed by atoms with Crippen molar-refractivity contribution < 1.29 is 14.7 Å². The zero-order valence-electron chi connectivity index (χ0n) is 8.19. The van der Waals surface area contributed by atoms with Crippen molar-refractivity contribution in [3.63, 3.8) is 0 Å². The van der Waals surface area contributed by atoms with Crippen LogP contribution in [0.25, 0.3) is 0 Å². The molecule has 0 aromatic carbocycles. The van der Waals surface area contributed by atoms with Crippen LogP contribution in [0, 0.1) is 0 Å². The van der Waals surface area contributed by atoms with Gasteiger partial charge in [0, 0.05) is 4.88 Å². The molecule has 0 saturated carbocycles. The summed E-state index contributed by atoms with van der Waals surface area (Å²) < 4.78 is 0. The Morgan fingerprint density at radius 3 is 2.80 bits per heavy atom. The fourth-order valence-corrected chi connectivity index (χ4v) is 1.85. The first-order valence-electron chi connectivity index (χ1n) is 4.35. The molecule has 6 heteroatoms. The summed E-state index contributed by atoms with van der Waals surface area (Å²) in [6.07, 6.45) is 0. The predicted octanol–water partition coefficient (Wildman–Crippen LogP) is 0.209. The SMILES string of the molecule is CNCC(=O)NC(C(=O)O)c1cccs1. The molecule has 1 unspecified atom stereocenters. The Morgan fingerprint density at radius 2 is 2.33 bits per heavy atom. The standard InChI is InChI=1S/C9H12N2O3S/c1-10-5-7(12)11-8(9(13)14)6-3-2-4-15-6/h2-4,8,10H,5H2,1H3,(H,11,12)(H,13,14). The molecule has 1 atom stereocenters. The number of nitrogens with one attached hydrogen (secondary N) is 2. The molecule has 1 rings (SSSR count). The number of carbonyl (C=O) groups excluding carboxylic acids is 1. The number of carboxylic acid groups (broad SMARTS) is 1. The van der Waals surface area contributed by atoms with Crippen LogP contribution in [-0.4, -0.2) is 30.6 Å². The molecular formula is C9H12N2O3S. The number of hydrogen-bond donors (Lipinski definition) is 3. The van der Waals surface area contributed by atoms with E-state index in [1.807, 2.05) is 0 Å².